The third-order valence-electron chi connectivity index (χ3n) is 4.78. The quantitative estimate of drug-likeness (QED) is 0.795. The smallest absolute Gasteiger partial charge is 0.360 e. The van der Waals surface area contributed by atoms with Gasteiger partial charge in [0.15, 0.2) is 17.2 Å². The lowest BCUT2D eigenvalue weighted by Gasteiger charge is -2.18. The number of fused-ring (bicyclic) bond motifs is 1. The third kappa shape index (κ3) is 3.18. The molecular weight excluding hydrogens is 322 g/mol. The summed E-state index contributed by atoms with van der Waals surface area (Å²) in [4.78, 5) is 12.3. The Labute approximate surface area is 145 Å². The maximum atomic E-state index is 12.3. The highest BCUT2D eigenvalue weighted by molar-refractivity contribution is 5.88. The molecule has 0 atom stereocenters. The average Bonchev–Trinajstić information content (AvgIpc) is 3.29. The summed E-state index contributed by atoms with van der Waals surface area (Å²) in [6.45, 7) is 3.34. The zero-order valence-corrected chi connectivity index (χ0v) is 14.2. The van der Waals surface area contributed by atoms with Crippen LogP contribution in [0.15, 0.2) is 18.2 Å². The minimum atomic E-state index is -0.409. The first-order valence-electron chi connectivity index (χ1n) is 8.72. The van der Waals surface area contributed by atoms with Crippen LogP contribution < -0.4 is 9.47 Å². The zero-order valence-electron chi connectivity index (χ0n) is 14.2. The maximum Gasteiger partial charge on any atom is 0.360 e. The van der Waals surface area contributed by atoms with E-state index >= 15 is 0 Å². The molecule has 0 amide bonds. The number of aromatic nitrogens is 3. The van der Waals surface area contributed by atoms with Crippen molar-refractivity contribution in [2.24, 2.45) is 5.92 Å². The number of rotatable bonds is 4. The molecule has 2 heterocycles. The zero-order chi connectivity index (χ0) is 17.2. The Morgan fingerprint density at radius 2 is 2.00 bits per heavy atom. The fourth-order valence-electron chi connectivity index (χ4n) is 3.37. The molecule has 1 aliphatic carbocycles. The number of esters is 1. The number of nitrogens with zero attached hydrogens (tertiary/aromatic N) is 3. The highest BCUT2D eigenvalue weighted by Gasteiger charge is 2.22. The molecule has 1 fully saturated rings. The molecule has 4 rings (SSSR count). The van der Waals surface area contributed by atoms with Gasteiger partial charge in [0.2, 0.25) is 0 Å². The summed E-state index contributed by atoms with van der Waals surface area (Å²) in [7, 11) is 0. The van der Waals surface area contributed by atoms with Gasteiger partial charge in [0.1, 0.15) is 13.2 Å². The first kappa shape index (κ1) is 15.9. The number of hydrogen-bond donors (Lipinski definition) is 0. The molecule has 7 nitrogen and oxygen atoms in total. The molecular formula is C18H21N3O4. The number of carbonyl (C=O) groups is 1. The van der Waals surface area contributed by atoms with Gasteiger partial charge in [-0.2, -0.15) is 0 Å². The minimum Gasteiger partial charge on any atom is -0.486 e. The second kappa shape index (κ2) is 6.74. The molecule has 0 spiro atoms. The number of benzene rings is 1. The van der Waals surface area contributed by atoms with E-state index < -0.39 is 5.97 Å². The largest absolute Gasteiger partial charge is 0.486 e. The van der Waals surface area contributed by atoms with Crippen LogP contribution >= 0.6 is 0 Å². The Hall–Kier alpha value is -2.57. The molecule has 0 unspecified atom stereocenters. The number of hydrogen-bond acceptors (Lipinski definition) is 6. The monoisotopic (exact) mass is 343 g/mol. The summed E-state index contributed by atoms with van der Waals surface area (Å²) < 4.78 is 18.2. The van der Waals surface area contributed by atoms with Crippen LogP contribution in [0.1, 0.15) is 41.9 Å². The van der Waals surface area contributed by atoms with Gasteiger partial charge in [-0.05, 0) is 37.8 Å². The summed E-state index contributed by atoms with van der Waals surface area (Å²) in [6.07, 6.45) is 4.72. The molecule has 7 heteroatoms. The molecule has 0 radical (unpaired) electrons. The first-order valence-corrected chi connectivity index (χ1v) is 8.72. The molecule has 25 heavy (non-hydrogen) atoms. The van der Waals surface area contributed by atoms with Crippen molar-refractivity contribution in [2.45, 2.75) is 32.6 Å². The second-order valence-electron chi connectivity index (χ2n) is 6.51. The van der Waals surface area contributed by atoms with Crippen molar-refractivity contribution < 1.29 is 19.0 Å². The Morgan fingerprint density at radius 3 is 2.80 bits per heavy atom. The van der Waals surface area contributed by atoms with Crippen LogP contribution in [-0.2, 0) is 4.74 Å². The molecule has 1 saturated carbocycles. The van der Waals surface area contributed by atoms with Gasteiger partial charge in [-0.25, -0.2) is 9.48 Å². The molecule has 1 aromatic heterocycles. The lowest BCUT2D eigenvalue weighted by Crippen LogP contribution is -2.15. The van der Waals surface area contributed by atoms with Crippen molar-refractivity contribution in [3.05, 3.63) is 29.6 Å². The SMILES string of the molecule is Cc1c(C(=O)OCC2CCCC2)nnn1-c1ccc2c(c1)OCCO2. The van der Waals surface area contributed by atoms with Gasteiger partial charge >= 0.3 is 5.97 Å². The van der Waals surface area contributed by atoms with Gasteiger partial charge in [-0.3, -0.25) is 0 Å². The summed E-state index contributed by atoms with van der Waals surface area (Å²) in [5.74, 6) is 1.46. The summed E-state index contributed by atoms with van der Waals surface area (Å²) >= 11 is 0. The lowest BCUT2D eigenvalue weighted by molar-refractivity contribution is 0.0434. The van der Waals surface area contributed by atoms with Crippen molar-refractivity contribution in [3.8, 4) is 17.2 Å². The highest BCUT2D eigenvalue weighted by atomic mass is 16.6. The van der Waals surface area contributed by atoms with Crippen LogP contribution in [0.4, 0.5) is 0 Å². The molecule has 1 aliphatic heterocycles. The van der Waals surface area contributed by atoms with Gasteiger partial charge in [-0.15, -0.1) is 5.10 Å². The Bertz CT molecular complexity index is 781. The van der Waals surface area contributed by atoms with Crippen molar-refractivity contribution in [3.63, 3.8) is 0 Å². The van der Waals surface area contributed by atoms with Crippen molar-refractivity contribution in [2.75, 3.05) is 19.8 Å². The van der Waals surface area contributed by atoms with Crippen LogP contribution in [0.5, 0.6) is 11.5 Å². The predicted molar refractivity (Wildman–Crippen MR) is 89.3 cm³/mol. The summed E-state index contributed by atoms with van der Waals surface area (Å²) in [5.41, 5.74) is 1.67. The van der Waals surface area contributed by atoms with Crippen molar-refractivity contribution in [1.82, 2.24) is 15.0 Å². The van der Waals surface area contributed by atoms with E-state index in [9.17, 15) is 4.79 Å². The van der Waals surface area contributed by atoms with E-state index in [2.05, 4.69) is 10.3 Å². The van der Waals surface area contributed by atoms with E-state index in [0.717, 1.165) is 18.5 Å². The first-order chi connectivity index (χ1) is 12.2. The molecule has 0 saturated heterocycles. The standard InChI is InChI=1S/C18H21N3O4/c1-12-17(18(22)25-11-13-4-2-3-5-13)19-20-21(12)14-6-7-15-16(10-14)24-9-8-23-15/h6-7,10,13H,2-5,8-9,11H2,1H3. The molecule has 132 valence electrons. The Balaban J connectivity index is 1.51. The van der Waals surface area contributed by atoms with Crippen LogP contribution in [0.2, 0.25) is 0 Å². The second-order valence-corrected chi connectivity index (χ2v) is 6.51. The van der Waals surface area contributed by atoms with E-state index in [1.54, 1.807) is 4.68 Å². The van der Waals surface area contributed by atoms with Crippen LogP contribution in [0.25, 0.3) is 5.69 Å². The maximum absolute atomic E-state index is 12.3. The molecule has 1 aromatic carbocycles. The Morgan fingerprint density at radius 1 is 1.24 bits per heavy atom. The van der Waals surface area contributed by atoms with Crippen molar-refractivity contribution in [1.29, 1.82) is 0 Å². The molecule has 0 N–H and O–H groups in total. The lowest BCUT2D eigenvalue weighted by atomic mass is 10.1. The molecule has 0 bridgehead atoms. The third-order valence-corrected chi connectivity index (χ3v) is 4.78. The number of carbonyl (C=O) groups excluding carboxylic acids is 1. The predicted octanol–water partition coefficient (Wildman–Crippen LogP) is 2.69. The van der Waals surface area contributed by atoms with E-state index in [1.807, 2.05) is 25.1 Å². The van der Waals surface area contributed by atoms with Gasteiger partial charge in [0, 0.05) is 6.07 Å². The topological polar surface area (TPSA) is 75.5 Å². The van der Waals surface area contributed by atoms with E-state index in [0.29, 0.717) is 42.9 Å². The fraction of sp³-hybridized carbons (Fsp3) is 0.500. The van der Waals surface area contributed by atoms with Gasteiger partial charge in [-0.1, -0.05) is 18.1 Å². The normalized spacial score (nSPS) is 16.8. The van der Waals surface area contributed by atoms with Crippen molar-refractivity contribution >= 4 is 5.97 Å². The van der Waals surface area contributed by atoms with E-state index in [-0.39, 0.29) is 5.69 Å². The van der Waals surface area contributed by atoms with Crippen LogP contribution in [0.3, 0.4) is 0 Å². The van der Waals surface area contributed by atoms with Gasteiger partial charge in [0.05, 0.1) is 18.0 Å². The van der Waals surface area contributed by atoms with Gasteiger partial charge in [0.25, 0.3) is 0 Å². The Kier molecular flexibility index (Phi) is 4.29. The molecule has 2 aromatic rings. The highest BCUT2D eigenvalue weighted by Crippen LogP contribution is 2.32. The van der Waals surface area contributed by atoms with Crippen LogP contribution in [-0.4, -0.2) is 40.8 Å². The summed E-state index contributed by atoms with van der Waals surface area (Å²) in [5, 5.41) is 8.12. The minimum absolute atomic E-state index is 0.257. The van der Waals surface area contributed by atoms with E-state index in [4.69, 9.17) is 14.2 Å². The van der Waals surface area contributed by atoms with Crippen LogP contribution in [0, 0.1) is 12.8 Å². The average molecular weight is 343 g/mol. The summed E-state index contributed by atoms with van der Waals surface area (Å²) in [6, 6.07) is 5.54. The fourth-order valence-corrected chi connectivity index (χ4v) is 3.37. The number of ether oxygens (including phenoxy) is 3. The molecule has 2 aliphatic rings. The van der Waals surface area contributed by atoms with Gasteiger partial charge < -0.3 is 14.2 Å². The van der Waals surface area contributed by atoms with E-state index in [1.165, 1.54) is 12.8 Å².